The van der Waals surface area contributed by atoms with Crippen LogP contribution in [0.2, 0.25) is 0 Å². The van der Waals surface area contributed by atoms with Crippen LogP contribution in [0.1, 0.15) is 45.6 Å². The molecule has 0 amide bonds. The van der Waals surface area contributed by atoms with Gasteiger partial charge in [0.1, 0.15) is 0 Å². The molecule has 20 heavy (non-hydrogen) atoms. The lowest BCUT2D eigenvalue weighted by atomic mass is 9.73. The zero-order valence-corrected chi connectivity index (χ0v) is 12.9. The molecule has 0 saturated carbocycles. The maximum Gasteiger partial charge on any atom is 0.495 e. The fourth-order valence-corrected chi connectivity index (χ4v) is 2.99. The summed E-state index contributed by atoms with van der Waals surface area (Å²) in [6, 6.07) is 8.56. The minimum Gasteiger partial charge on any atom is -0.399 e. The number of benzene rings is 1. The van der Waals surface area contributed by atoms with Gasteiger partial charge in [-0.2, -0.15) is 0 Å². The fourth-order valence-electron chi connectivity index (χ4n) is 2.99. The molecule has 2 aliphatic heterocycles. The Balaban J connectivity index is 1.92. The summed E-state index contributed by atoms with van der Waals surface area (Å²) < 4.78 is 12.4. The third-order valence-corrected chi connectivity index (χ3v) is 5.00. The van der Waals surface area contributed by atoms with Gasteiger partial charge in [-0.05, 0) is 57.6 Å². The van der Waals surface area contributed by atoms with Crippen molar-refractivity contribution < 1.29 is 9.31 Å². The van der Waals surface area contributed by atoms with Crippen LogP contribution in [0, 0.1) is 0 Å². The highest BCUT2D eigenvalue weighted by Crippen LogP contribution is 2.37. The lowest BCUT2D eigenvalue weighted by molar-refractivity contribution is 0.00578. The first-order valence-corrected chi connectivity index (χ1v) is 7.56. The molecule has 2 fully saturated rings. The van der Waals surface area contributed by atoms with E-state index in [-0.39, 0.29) is 18.3 Å². The first kappa shape index (κ1) is 14.1. The van der Waals surface area contributed by atoms with Crippen molar-refractivity contribution in [3.05, 3.63) is 29.8 Å². The van der Waals surface area contributed by atoms with E-state index in [2.05, 4.69) is 57.3 Å². The van der Waals surface area contributed by atoms with Crippen LogP contribution in [-0.4, -0.2) is 31.4 Å². The summed E-state index contributed by atoms with van der Waals surface area (Å²) in [5, 5.41) is 3.44. The predicted octanol–water partition coefficient (Wildman–Crippen LogP) is 2.06. The van der Waals surface area contributed by atoms with Gasteiger partial charge in [-0.15, -0.1) is 0 Å². The molecule has 0 aromatic heterocycles. The maximum atomic E-state index is 6.21. The molecule has 0 spiro atoms. The van der Waals surface area contributed by atoms with Gasteiger partial charge in [0.2, 0.25) is 0 Å². The standard InChI is InChI=1S/C16H24BNO2/c1-15(2)16(3,4)20-17(19-15)14-8-6-5-7-13(14)12-9-10-18-11-12/h5-8,12,18H,9-11H2,1-4H3. The minimum absolute atomic E-state index is 0.253. The van der Waals surface area contributed by atoms with Crippen LogP contribution >= 0.6 is 0 Å². The summed E-state index contributed by atoms with van der Waals surface area (Å²) in [4.78, 5) is 0. The molecule has 4 heteroatoms. The first-order chi connectivity index (χ1) is 9.41. The Labute approximate surface area is 122 Å². The van der Waals surface area contributed by atoms with Gasteiger partial charge in [0.15, 0.2) is 0 Å². The van der Waals surface area contributed by atoms with Gasteiger partial charge in [-0.3, -0.25) is 0 Å². The topological polar surface area (TPSA) is 30.5 Å². The monoisotopic (exact) mass is 273 g/mol. The first-order valence-electron chi connectivity index (χ1n) is 7.56. The van der Waals surface area contributed by atoms with E-state index < -0.39 is 0 Å². The summed E-state index contributed by atoms with van der Waals surface area (Å²) in [6.07, 6.45) is 1.19. The molecule has 0 bridgehead atoms. The van der Waals surface area contributed by atoms with Gasteiger partial charge in [-0.1, -0.05) is 24.3 Å². The lowest BCUT2D eigenvalue weighted by Crippen LogP contribution is -2.41. The van der Waals surface area contributed by atoms with Gasteiger partial charge < -0.3 is 14.6 Å². The summed E-state index contributed by atoms with van der Waals surface area (Å²) in [6.45, 7) is 10.6. The predicted molar refractivity (Wildman–Crippen MR) is 82.4 cm³/mol. The zero-order valence-electron chi connectivity index (χ0n) is 12.9. The molecule has 1 N–H and O–H groups in total. The van der Waals surface area contributed by atoms with E-state index >= 15 is 0 Å². The largest absolute Gasteiger partial charge is 0.495 e. The van der Waals surface area contributed by atoms with Crippen LogP contribution in [0.25, 0.3) is 0 Å². The van der Waals surface area contributed by atoms with Crippen molar-refractivity contribution in [1.82, 2.24) is 5.32 Å². The highest BCUT2D eigenvalue weighted by atomic mass is 16.7. The van der Waals surface area contributed by atoms with Crippen LogP contribution in [-0.2, 0) is 9.31 Å². The average molecular weight is 273 g/mol. The molecule has 0 aliphatic carbocycles. The van der Waals surface area contributed by atoms with Gasteiger partial charge in [0.25, 0.3) is 0 Å². The fraction of sp³-hybridized carbons (Fsp3) is 0.625. The second-order valence-electron chi connectivity index (χ2n) is 6.91. The molecule has 0 radical (unpaired) electrons. The smallest absolute Gasteiger partial charge is 0.399 e. The van der Waals surface area contributed by atoms with Crippen molar-refractivity contribution in [2.24, 2.45) is 0 Å². The molecule has 1 atom stereocenters. The van der Waals surface area contributed by atoms with Gasteiger partial charge >= 0.3 is 7.12 Å². The van der Waals surface area contributed by atoms with Crippen molar-refractivity contribution >= 4 is 12.6 Å². The van der Waals surface area contributed by atoms with Crippen molar-refractivity contribution in [3.63, 3.8) is 0 Å². The highest BCUT2D eigenvalue weighted by molar-refractivity contribution is 6.62. The second-order valence-corrected chi connectivity index (χ2v) is 6.91. The average Bonchev–Trinajstić information content (AvgIpc) is 2.97. The van der Waals surface area contributed by atoms with Crippen molar-refractivity contribution in [3.8, 4) is 0 Å². The summed E-state index contributed by atoms with van der Waals surface area (Å²) in [5.74, 6) is 0.574. The van der Waals surface area contributed by atoms with E-state index in [1.54, 1.807) is 0 Å². The summed E-state index contributed by atoms with van der Waals surface area (Å²) in [7, 11) is -0.253. The molecular formula is C16H24BNO2. The normalized spacial score (nSPS) is 28.0. The molecule has 108 valence electrons. The van der Waals surface area contributed by atoms with E-state index in [1.807, 2.05) is 0 Å². The van der Waals surface area contributed by atoms with Crippen LogP contribution < -0.4 is 10.8 Å². The van der Waals surface area contributed by atoms with Crippen LogP contribution in [0.5, 0.6) is 0 Å². The van der Waals surface area contributed by atoms with Gasteiger partial charge in [0, 0.05) is 6.54 Å². The SMILES string of the molecule is CC1(C)OB(c2ccccc2C2CCNC2)OC1(C)C. The molecular weight excluding hydrogens is 249 g/mol. The summed E-state index contributed by atoms with van der Waals surface area (Å²) >= 11 is 0. The Morgan fingerprint density at radius 3 is 2.35 bits per heavy atom. The second kappa shape index (κ2) is 4.87. The van der Waals surface area contributed by atoms with E-state index in [0.717, 1.165) is 13.1 Å². The number of hydrogen-bond acceptors (Lipinski definition) is 3. The minimum atomic E-state index is -0.279. The van der Waals surface area contributed by atoms with E-state index in [1.165, 1.54) is 17.4 Å². The third-order valence-electron chi connectivity index (χ3n) is 5.00. The Hall–Kier alpha value is -0.835. The van der Waals surface area contributed by atoms with Gasteiger partial charge in [-0.25, -0.2) is 0 Å². The highest BCUT2D eigenvalue weighted by Gasteiger charge is 2.52. The molecule has 3 nitrogen and oxygen atoms in total. The summed E-state index contributed by atoms with van der Waals surface area (Å²) in [5.41, 5.74) is 2.01. The quantitative estimate of drug-likeness (QED) is 0.837. The molecule has 3 rings (SSSR count). The van der Waals surface area contributed by atoms with Crippen molar-refractivity contribution in [1.29, 1.82) is 0 Å². The van der Waals surface area contributed by atoms with E-state index in [9.17, 15) is 0 Å². The Kier molecular flexibility index (Phi) is 3.43. The van der Waals surface area contributed by atoms with E-state index in [4.69, 9.17) is 9.31 Å². The molecule has 1 aromatic rings. The van der Waals surface area contributed by atoms with Crippen LogP contribution in [0.3, 0.4) is 0 Å². The van der Waals surface area contributed by atoms with E-state index in [0.29, 0.717) is 5.92 Å². The Bertz CT molecular complexity index is 479. The Morgan fingerprint density at radius 1 is 1.10 bits per heavy atom. The van der Waals surface area contributed by atoms with Crippen molar-refractivity contribution in [2.75, 3.05) is 13.1 Å². The number of hydrogen-bond donors (Lipinski definition) is 1. The van der Waals surface area contributed by atoms with Gasteiger partial charge in [0.05, 0.1) is 11.2 Å². The lowest BCUT2D eigenvalue weighted by Gasteiger charge is -2.32. The molecule has 1 aromatic carbocycles. The van der Waals surface area contributed by atoms with Crippen molar-refractivity contribution in [2.45, 2.75) is 51.2 Å². The zero-order chi connectivity index (χ0) is 14.4. The van der Waals surface area contributed by atoms with Crippen LogP contribution in [0.4, 0.5) is 0 Å². The molecule has 2 aliphatic rings. The molecule has 1 unspecified atom stereocenters. The molecule has 2 heterocycles. The number of rotatable bonds is 2. The third kappa shape index (κ3) is 2.30. The maximum absolute atomic E-state index is 6.21. The molecule has 2 saturated heterocycles. The van der Waals surface area contributed by atoms with Crippen LogP contribution in [0.15, 0.2) is 24.3 Å². The number of nitrogens with one attached hydrogen (secondary N) is 1. The Morgan fingerprint density at radius 2 is 1.75 bits per heavy atom.